The van der Waals surface area contributed by atoms with Gasteiger partial charge in [-0.05, 0) is 49.5 Å². The van der Waals surface area contributed by atoms with Crippen molar-refractivity contribution in [2.45, 2.75) is 6.92 Å². The van der Waals surface area contributed by atoms with E-state index < -0.39 is 0 Å². The molecule has 1 aliphatic heterocycles. The van der Waals surface area contributed by atoms with Crippen LogP contribution < -0.4 is 10.6 Å². The average molecular weight is 383 g/mol. The summed E-state index contributed by atoms with van der Waals surface area (Å²) in [5, 5.41) is 5.78. The number of hydrogen-bond donors (Lipinski definition) is 2. The van der Waals surface area contributed by atoms with Crippen LogP contribution in [0.3, 0.4) is 0 Å². The lowest BCUT2D eigenvalue weighted by Gasteiger charge is -2.27. The lowest BCUT2D eigenvalue weighted by atomic mass is 10.1. The molecule has 2 amide bonds. The molecule has 2 aromatic rings. The molecule has 0 radical (unpaired) electrons. The van der Waals surface area contributed by atoms with Gasteiger partial charge in [-0.1, -0.05) is 23.8 Å². The molecule has 2 aromatic carbocycles. The summed E-state index contributed by atoms with van der Waals surface area (Å²) in [6.45, 7) is 4.24. The quantitative estimate of drug-likeness (QED) is 0.798. The molecule has 0 unspecified atom stereocenters. The van der Waals surface area contributed by atoms with E-state index in [0.717, 1.165) is 5.56 Å². The van der Waals surface area contributed by atoms with Crippen LogP contribution in [-0.2, 0) is 4.74 Å². The van der Waals surface area contributed by atoms with Gasteiger partial charge in [-0.3, -0.25) is 14.9 Å². The Labute approximate surface area is 163 Å². The van der Waals surface area contributed by atoms with Crippen molar-refractivity contribution in [3.8, 4) is 0 Å². The molecule has 0 saturated carbocycles. The first-order valence-electron chi connectivity index (χ1n) is 8.69. The Balaban J connectivity index is 1.61. The summed E-state index contributed by atoms with van der Waals surface area (Å²) in [7, 11) is 0. The van der Waals surface area contributed by atoms with Crippen LogP contribution in [0.15, 0.2) is 48.5 Å². The van der Waals surface area contributed by atoms with Gasteiger partial charge in [-0.15, -0.1) is 0 Å². The highest BCUT2D eigenvalue weighted by atomic mass is 32.1. The Morgan fingerprint density at radius 2 is 1.74 bits per heavy atom. The zero-order chi connectivity index (χ0) is 19.2. The molecule has 0 spiro atoms. The molecular formula is C20H21N3O3S. The second-order valence-corrected chi connectivity index (χ2v) is 6.67. The molecule has 1 heterocycles. The van der Waals surface area contributed by atoms with Gasteiger partial charge in [0.15, 0.2) is 5.11 Å². The predicted octanol–water partition coefficient (Wildman–Crippen LogP) is 2.59. The third kappa shape index (κ3) is 5.12. The Hall–Kier alpha value is -2.77. The van der Waals surface area contributed by atoms with E-state index in [1.54, 1.807) is 41.3 Å². The standard InChI is InChI=1S/C20H21N3O3S/c1-14-5-7-15(8-6-14)18(24)22-20(27)21-17-4-2-3-16(13-17)19(25)23-9-11-26-12-10-23/h2-8,13H,9-12H2,1H3,(H2,21,22,24,27). The van der Waals surface area contributed by atoms with Crippen molar-refractivity contribution >= 4 is 34.8 Å². The van der Waals surface area contributed by atoms with E-state index in [1.807, 2.05) is 19.1 Å². The number of rotatable bonds is 3. The third-order valence-electron chi connectivity index (χ3n) is 4.21. The first-order valence-corrected chi connectivity index (χ1v) is 9.10. The third-order valence-corrected chi connectivity index (χ3v) is 4.41. The van der Waals surface area contributed by atoms with Crippen LogP contribution in [0, 0.1) is 6.92 Å². The number of nitrogens with zero attached hydrogens (tertiary/aromatic N) is 1. The number of aryl methyl sites for hydroxylation is 1. The first kappa shape index (κ1) is 19.0. The fraction of sp³-hybridized carbons (Fsp3) is 0.250. The van der Waals surface area contributed by atoms with Crippen molar-refractivity contribution in [3.05, 3.63) is 65.2 Å². The summed E-state index contributed by atoms with van der Waals surface area (Å²) in [5.74, 6) is -0.329. The molecule has 0 aliphatic carbocycles. The Morgan fingerprint density at radius 1 is 1.04 bits per heavy atom. The predicted molar refractivity (Wildman–Crippen MR) is 108 cm³/mol. The molecule has 27 heavy (non-hydrogen) atoms. The fourth-order valence-corrected chi connectivity index (χ4v) is 2.93. The van der Waals surface area contributed by atoms with E-state index in [-0.39, 0.29) is 16.9 Å². The monoisotopic (exact) mass is 383 g/mol. The highest BCUT2D eigenvalue weighted by molar-refractivity contribution is 7.80. The van der Waals surface area contributed by atoms with E-state index in [2.05, 4.69) is 10.6 Å². The first-order chi connectivity index (χ1) is 13.0. The number of thiocarbonyl (C=S) groups is 1. The number of ether oxygens (including phenoxy) is 1. The van der Waals surface area contributed by atoms with E-state index in [1.165, 1.54) is 0 Å². The van der Waals surface area contributed by atoms with Crippen molar-refractivity contribution in [3.63, 3.8) is 0 Å². The molecule has 0 aromatic heterocycles. The summed E-state index contributed by atoms with van der Waals surface area (Å²) in [6, 6.07) is 14.3. The van der Waals surface area contributed by atoms with Crippen LogP contribution in [0.2, 0.25) is 0 Å². The number of benzene rings is 2. The Bertz CT molecular complexity index is 846. The van der Waals surface area contributed by atoms with Crippen molar-refractivity contribution in [2.24, 2.45) is 0 Å². The number of carbonyl (C=O) groups is 2. The van der Waals surface area contributed by atoms with Gasteiger partial charge in [0.05, 0.1) is 13.2 Å². The number of morpholine rings is 1. The molecule has 1 fully saturated rings. The van der Waals surface area contributed by atoms with Gasteiger partial charge in [0.25, 0.3) is 11.8 Å². The van der Waals surface area contributed by atoms with Crippen molar-refractivity contribution < 1.29 is 14.3 Å². The molecule has 0 bridgehead atoms. The summed E-state index contributed by atoms with van der Waals surface area (Å²) >= 11 is 5.22. The van der Waals surface area contributed by atoms with Crippen molar-refractivity contribution in [1.29, 1.82) is 0 Å². The van der Waals surface area contributed by atoms with Crippen LogP contribution in [0.1, 0.15) is 26.3 Å². The Morgan fingerprint density at radius 3 is 2.44 bits per heavy atom. The highest BCUT2D eigenvalue weighted by Gasteiger charge is 2.18. The van der Waals surface area contributed by atoms with Gasteiger partial charge >= 0.3 is 0 Å². The van der Waals surface area contributed by atoms with Crippen LogP contribution in [0.5, 0.6) is 0 Å². The maximum absolute atomic E-state index is 12.6. The maximum atomic E-state index is 12.6. The molecule has 1 aliphatic rings. The highest BCUT2D eigenvalue weighted by Crippen LogP contribution is 2.14. The summed E-state index contributed by atoms with van der Waals surface area (Å²) < 4.78 is 5.28. The van der Waals surface area contributed by atoms with Crippen LogP contribution >= 0.6 is 12.2 Å². The largest absolute Gasteiger partial charge is 0.378 e. The van der Waals surface area contributed by atoms with Gasteiger partial charge in [-0.25, -0.2) is 0 Å². The minimum atomic E-state index is -0.284. The number of hydrogen-bond acceptors (Lipinski definition) is 4. The lowest BCUT2D eigenvalue weighted by molar-refractivity contribution is 0.0303. The zero-order valence-corrected chi connectivity index (χ0v) is 15.8. The molecule has 7 heteroatoms. The minimum Gasteiger partial charge on any atom is -0.378 e. The normalized spacial score (nSPS) is 13.7. The SMILES string of the molecule is Cc1ccc(C(=O)NC(=S)Nc2cccc(C(=O)N3CCOCC3)c2)cc1. The summed E-state index contributed by atoms with van der Waals surface area (Å²) in [5.41, 5.74) is 2.81. The molecule has 6 nitrogen and oxygen atoms in total. The van der Waals surface area contributed by atoms with Gasteiger partial charge in [-0.2, -0.15) is 0 Å². The zero-order valence-electron chi connectivity index (χ0n) is 15.0. The van der Waals surface area contributed by atoms with E-state index in [9.17, 15) is 9.59 Å². The lowest BCUT2D eigenvalue weighted by Crippen LogP contribution is -2.40. The maximum Gasteiger partial charge on any atom is 0.257 e. The number of anilines is 1. The molecule has 3 rings (SSSR count). The molecule has 140 valence electrons. The van der Waals surface area contributed by atoms with Crippen LogP contribution in [0.4, 0.5) is 5.69 Å². The van der Waals surface area contributed by atoms with Gasteiger partial charge in [0.1, 0.15) is 0 Å². The fourth-order valence-electron chi connectivity index (χ4n) is 2.72. The molecule has 1 saturated heterocycles. The van der Waals surface area contributed by atoms with Gasteiger partial charge in [0, 0.05) is 29.9 Å². The van der Waals surface area contributed by atoms with E-state index in [4.69, 9.17) is 17.0 Å². The minimum absolute atomic E-state index is 0.0449. The smallest absolute Gasteiger partial charge is 0.257 e. The molecule has 0 atom stereocenters. The summed E-state index contributed by atoms with van der Waals surface area (Å²) in [6.07, 6.45) is 0. The second-order valence-electron chi connectivity index (χ2n) is 6.26. The topological polar surface area (TPSA) is 70.7 Å². The number of nitrogens with one attached hydrogen (secondary N) is 2. The van der Waals surface area contributed by atoms with Crippen molar-refractivity contribution in [1.82, 2.24) is 10.2 Å². The average Bonchev–Trinajstić information content (AvgIpc) is 2.68. The number of amides is 2. The molecular weight excluding hydrogens is 362 g/mol. The van der Waals surface area contributed by atoms with E-state index in [0.29, 0.717) is 43.1 Å². The Kier molecular flexibility index (Phi) is 6.16. The number of carbonyl (C=O) groups excluding carboxylic acids is 2. The van der Waals surface area contributed by atoms with Crippen molar-refractivity contribution in [2.75, 3.05) is 31.6 Å². The van der Waals surface area contributed by atoms with Crippen LogP contribution in [0.25, 0.3) is 0 Å². The summed E-state index contributed by atoms with van der Waals surface area (Å²) in [4.78, 5) is 26.6. The molecule has 2 N–H and O–H groups in total. The van der Waals surface area contributed by atoms with Gasteiger partial charge < -0.3 is 15.0 Å². The second kappa shape index (κ2) is 8.75. The van der Waals surface area contributed by atoms with Crippen LogP contribution in [-0.4, -0.2) is 48.1 Å². The van der Waals surface area contributed by atoms with Gasteiger partial charge in [0.2, 0.25) is 0 Å². The van der Waals surface area contributed by atoms with E-state index >= 15 is 0 Å².